The fraction of sp³-hybridized carbons (Fsp3) is 0.160. The maximum absolute atomic E-state index is 12.9. The third kappa shape index (κ3) is 4.24. The number of hydrogen-bond donors (Lipinski definition) is 0. The van der Waals surface area contributed by atoms with E-state index >= 15 is 0 Å². The Hall–Kier alpha value is -2.51. The number of ketones is 1. The van der Waals surface area contributed by atoms with Gasteiger partial charge in [-0.2, -0.15) is 0 Å². The molecule has 0 aromatic heterocycles. The van der Waals surface area contributed by atoms with Crippen LogP contribution in [0, 0.1) is 6.92 Å². The topological polar surface area (TPSA) is 54.0 Å². The van der Waals surface area contributed by atoms with Crippen LogP contribution >= 0.6 is 39.1 Å². The second-order valence-corrected chi connectivity index (χ2v) is 9.32. The monoisotopic (exact) mass is 546 g/mol. The van der Waals surface area contributed by atoms with Crippen molar-refractivity contribution in [1.82, 2.24) is 0 Å². The molecule has 3 aromatic rings. The summed E-state index contributed by atoms with van der Waals surface area (Å²) in [5, 5.41) is 0.876. The van der Waals surface area contributed by atoms with Crippen LogP contribution in [-0.4, -0.2) is 12.6 Å². The second-order valence-electron chi connectivity index (χ2n) is 7.59. The first kappa shape index (κ1) is 22.3. The maximum Gasteiger partial charge on any atom is 0.231 e. The number of fused-ring (bicyclic) bond motifs is 2. The lowest BCUT2D eigenvalue weighted by Gasteiger charge is -2.21. The molecule has 33 heavy (non-hydrogen) atoms. The molecule has 0 radical (unpaired) electrons. The van der Waals surface area contributed by atoms with Crippen molar-refractivity contribution >= 4 is 51.0 Å². The SMILES string of the molecule is Cc1c(OCc2cc(Br)cc3c2OCOC3)ccc2c1O/C(=C\c1c(Cl)cccc1Cl)C2=O. The molecule has 0 atom stereocenters. The van der Waals surface area contributed by atoms with Crippen molar-refractivity contribution in [2.75, 3.05) is 6.79 Å². The molecule has 0 unspecified atom stereocenters. The van der Waals surface area contributed by atoms with E-state index in [2.05, 4.69) is 15.9 Å². The first-order chi connectivity index (χ1) is 15.9. The Bertz CT molecular complexity index is 1300. The summed E-state index contributed by atoms with van der Waals surface area (Å²) in [5.41, 5.74) is 3.59. The Morgan fingerprint density at radius 2 is 1.91 bits per heavy atom. The second kappa shape index (κ2) is 9.03. The van der Waals surface area contributed by atoms with Crippen LogP contribution in [0.25, 0.3) is 6.08 Å². The van der Waals surface area contributed by atoms with Crippen molar-refractivity contribution in [3.05, 3.63) is 90.6 Å². The Labute approximate surface area is 208 Å². The smallest absolute Gasteiger partial charge is 0.231 e. The molecular formula is C25H17BrCl2O5. The quantitative estimate of drug-likeness (QED) is 0.325. The zero-order chi connectivity index (χ0) is 23.1. The molecule has 0 saturated carbocycles. The third-order valence-corrected chi connectivity index (χ3v) is 6.56. The molecule has 0 aliphatic carbocycles. The van der Waals surface area contributed by atoms with E-state index in [1.807, 2.05) is 19.1 Å². The van der Waals surface area contributed by atoms with Crippen LogP contribution < -0.4 is 14.2 Å². The minimum absolute atomic E-state index is 0.162. The molecule has 2 aliphatic heterocycles. The Morgan fingerprint density at radius 3 is 2.70 bits per heavy atom. The van der Waals surface area contributed by atoms with Gasteiger partial charge in [-0.25, -0.2) is 0 Å². The van der Waals surface area contributed by atoms with E-state index in [1.54, 1.807) is 36.4 Å². The van der Waals surface area contributed by atoms with Gasteiger partial charge in [0.25, 0.3) is 0 Å². The van der Waals surface area contributed by atoms with Gasteiger partial charge in [0.15, 0.2) is 12.6 Å². The van der Waals surface area contributed by atoms with Gasteiger partial charge in [-0.3, -0.25) is 4.79 Å². The summed E-state index contributed by atoms with van der Waals surface area (Å²) in [6.07, 6.45) is 1.57. The summed E-state index contributed by atoms with van der Waals surface area (Å²) in [6, 6.07) is 12.6. The van der Waals surface area contributed by atoms with Crippen molar-refractivity contribution in [2.24, 2.45) is 0 Å². The predicted octanol–water partition coefficient (Wildman–Crippen LogP) is 7.13. The van der Waals surface area contributed by atoms with Gasteiger partial charge in [0.2, 0.25) is 5.78 Å². The number of benzene rings is 3. The average Bonchev–Trinajstić information content (AvgIpc) is 3.12. The van der Waals surface area contributed by atoms with Gasteiger partial charge in [-0.15, -0.1) is 0 Å². The van der Waals surface area contributed by atoms with Crippen molar-refractivity contribution in [2.45, 2.75) is 20.1 Å². The van der Waals surface area contributed by atoms with Crippen LogP contribution in [0.2, 0.25) is 10.0 Å². The van der Waals surface area contributed by atoms with Crippen LogP contribution in [0.3, 0.4) is 0 Å². The van der Waals surface area contributed by atoms with Crippen molar-refractivity contribution in [3.8, 4) is 17.2 Å². The van der Waals surface area contributed by atoms with Gasteiger partial charge in [0.1, 0.15) is 23.9 Å². The normalized spacial score (nSPS) is 15.6. The Morgan fingerprint density at radius 1 is 1.12 bits per heavy atom. The van der Waals surface area contributed by atoms with Crippen LogP contribution in [0.4, 0.5) is 0 Å². The molecule has 0 amide bonds. The number of allylic oxidation sites excluding steroid dienone is 1. The zero-order valence-corrected chi connectivity index (χ0v) is 20.5. The molecule has 2 heterocycles. The van der Waals surface area contributed by atoms with E-state index in [0.29, 0.717) is 39.3 Å². The molecule has 5 rings (SSSR count). The maximum atomic E-state index is 12.9. The molecule has 0 N–H and O–H groups in total. The minimum atomic E-state index is -0.231. The Balaban J connectivity index is 1.41. The van der Waals surface area contributed by atoms with E-state index in [1.165, 1.54) is 0 Å². The van der Waals surface area contributed by atoms with Gasteiger partial charge in [0, 0.05) is 36.8 Å². The zero-order valence-electron chi connectivity index (χ0n) is 17.4. The first-order valence-corrected chi connectivity index (χ1v) is 11.6. The van der Waals surface area contributed by atoms with E-state index in [9.17, 15) is 4.79 Å². The molecule has 3 aromatic carbocycles. The fourth-order valence-electron chi connectivity index (χ4n) is 3.82. The molecular weight excluding hydrogens is 531 g/mol. The molecule has 168 valence electrons. The van der Waals surface area contributed by atoms with Gasteiger partial charge < -0.3 is 18.9 Å². The van der Waals surface area contributed by atoms with Crippen LogP contribution in [-0.2, 0) is 18.0 Å². The first-order valence-electron chi connectivity index (χ1n) is 10.1. The number of rotatable bonds is 4. The molecule has 2 aliphatic rings. The largest absolute Gasteiger partial charge is 0.488 e. The van der Waals surface area contributed by atoms with E-state index < -0.39 is 0 Å². The van der Waals surface area contributed by atoms with Crippen LogP contribution in [0.5, 0.6) is 17.2 Å². The molecule has 0 fully saturated rings. The molecule has 8 heteroatoms. The number of hydrogen-bond acceptors (Lipinski definition) is 5. The minimum Gasteiger partial charge on any atom is -0.488 e. The number of ether oxygens (including phenoxy) is 4. The van der Waals surface area contributed by atoms with Crippen LogP contribution in [0.1, 0.15) is 32.6 Å². The van der Waals surface area contributed by atoms with Crippen molar-refractivity contribution in [3.63, 3.8) is 0 Å². The summed E-state index contributed by atoms with van der Waals surface area (Å²) in [7, 11) is 0. The predicted molar refractivity (Wildman–Crippen MR) is 129 cm³/mol. The number of carbonyl (C=O) groups is 1. The Kier molecular flexibility index (Phi) is 6.10. The molecule has 5 nitrogen and oxygen atoms in total. The molecule has 0 saturated heterocycles. The van der Waals surface area contributed by atoms with E-state index in [4.69, 9.17) is 42.1 Å². The summed E-state index contributed by atoms with van der Waals surface area (Å²) < 4.78 is 24.0. The summed E-state index contributed by atoms with van der Waals surface area (Å²) in [6.45, 7) is 2.83. The lowest BCUT2D eigenvalue weighted by Crippen LogP contribution is -2.14. The van der Waals surface area contributed by atoms with Crippen LogP contribution in [0.15, 0.2) is 52.7 Å². The van der Waals surface area contributed by atoms with Gasteiger partial charge >= 0.3 is 0 Å². The van der Waals surface area contributed by atoms with E-state index in [-0.39, 0.29) is 24.9 Å². The fourth-order valence-corrected chi connectivity index (χ4v) is 4.88. The average molecular weight is 548 g/mol. The highest BCUT2D eigenvalue weighted by atomic mass is 79.9. The molecule has 0 spiro atoms. The van der Waals surface area contributed by atoms with Crippen molar-refractivity contribution in [1.29, 1.82) is 0 Å². The highest BCUT2D eigenvalue weighted by molar-refractivity contribution is 9.10. The summed E-state index contributed by atoms with van der Waals surface area (Å²) in [5.74, 6) is 1.78. The summed E-state index contributed by atoms with van der Waals surface area (Å²) >= 11 is 16.0. The number of Topliss-reactive ketones (excluding diaryl/α,β-unsaturated/α-hetero) is 1. The lowest BCUT2D eigenvalue weighted by atomic mass is 10.1. The molecule has 0 bridgehead atoms. The van der Waals surface area contributed by atoms with Gasteiger partial charge in [-0.05, 0) is 49.4 Å². The third-order valence-electron chi connectivity index (χ3n) is 5.45. The van der Waals surface area contributed by atoms with Gasteiger partial charge in [0.05, 0.1) is 12.2 Å². The van der Waals surface area contributed by atoms with Gasteiger partial charge in [-0.1, -0.05) is 45.2 Å². The number of halogens is 3. The standard InChI is InChI=1S/C25H17BrCl2O5/c1-13-21(31-11-15-8-16(26)7-14-10-30-12-32-25(14)15)6-5-17-23(29)22(33-24(13)17)9-18-19(27)3-2-4-20(18)28/h2-9H,10-12H2,1H3/b22-9-. The van der Waals surface area contributed by atoms with Crippen molar-refractivity contribution < 1.29 is 23.7 Å². The summed E-state index contributed by atoms with van der Waals surface area (Å²) in [4.78, 5) is 12.9. The van der Waals surface area contributed by atoms with E-state index in [0.717, 1.165) is 26.9 Å². The number of carbonyl (C=O) groups excluding carboxylic acids is 1. The lowest BCUT2D eigenvalue weighted by molar-refractivity contribution is -0.0176. The highest BCUT2D eigenvalue weighted by Gasteiger charge is 2.30. The highest BCUT2D eigenvalue weighted by Crippen LogP contribution is 2.41.